The minimum atomic E-state index is -1.15. The summed E-state index contributed by atoms with van der Waals surface area (Å²) in [5.74, 6) is -1.63. The Morgan fingerprint density at radius 1 is 1.09 bits per heavy atom. The van der Waals surface area contributed by atoms with E-state index in [4.69, 9.17) is 19.0 Å². The third-order valence-electron chi connectivity index (χ3n) is 6.12. The summed E-state index contributed by atoms with van der Waals surface area (Å²) >= 11 is 0. The summed E-state index contributed by atoms with van der Waals surface area (Å²) in [7, 11) is 2.77. The highest BCUT2D eigenvalue weighted by Gasteiger charge is 2.21. The first-order chi connectivity index (χ1) is 20.7. The number of hydrogen-bond donors (Lipinski definition) is 3. The maximum atomic E-state index is 14.1. The number of carbonyl (C=O) groups is 3. The largest absolute Gasteiger partial charge is 0.467 e. The molecule has 0 spiro atoms. The SMILES string of the molecule is COCOc1cc(F)ccc1-c1cc(-c2cccc(NC(=O)CCN(C)C(=O)O)c2)c(C#N)c(NC(=O)c2ccco2)n1. The van der Waals surface area contributed by atoms with Crippen molar-refractivity contribution >= 4 is 29.4 Å². The summed E-state index contributed by atoms with van der Waals surface area (Å²) in [5.41, 5.74) is 1.80. The second-order valence-corrected chi connectivity index (χ2v) is 9.10. The smallest absolute Gasteiger partial charge is 0.407 e. The zero-order valence-corrected chi connectivity index (χ0v) is 23.1. The van der Waals surface area contributed by atoms with Crippen molar-refractivity contribution in [3.8, 4) is 34.2 Å². The number of hydrogen-bond acceptors (Lipinski definition) is 8. The molecule has 0 saturated carbocycles. The van der Waals surface area contributed by atoms with Gasteiger partial charge in [-0.2, -0.15) is 5.26 Å². The maximum Gasteiger partial charge on any atom is 0.407 e. The van der Waals surface area contributed by atoms with Gasteiger partial charge in [0.05, 0.1) is 12.0 Å². The first kappa shape index (κ1) is 30.2. The Morgan fingerprint density at radius 2 is 1.91 bits per heavy atom. The van der Waals surface area contributed by atoms with E-state index in [9.17, 15) is 24.0 Å². The number of carbonyl (C=O) groups excluding carboxylic acids is 2. The fraction of sp³-hybridized carbons (Fsp3) is 0.167. The van der Waals surface area contributed by atoms with Gasteiger partial charge in [0.25, 0.3) is 5.91 Å². The molecule has 0 saturated heterocycles. The molecule has 0 unspecified atom stereocenters. The van der Waals surface area contributed by atoms with Crippen LogP contribution in [0.1, 0.15) is 22.5 Å². The highest BCUT2D eigenvalue weighted by molar-refractivity contribution is 6.03. The van der Waals surface area contributed by atoms with E-state index < -0.39 is 23.7 Å². The molecular formula is C30H26FN5O7. The first-order valence-corrected chi connectivity index (χ1v) is 12.8. The molecule has 12 nitrogen and oxygen atoms in total. The lowest BCUT2D eigenvalue weighted by Crippen LogP contribution is -2.28. The van der Waals surface area contributed by atoms with Crippen molar-refractivity contribution in [2.45, 2.75) is 6.42 Å². The van der Waals surface area contributed by atoms with Crippen molar-refractivity contribution in [3.05, 3.63) is 84.1 Å². The lowest BCUT2D eigenvalue weighted by molar-refractivity contribution is -0.116. The molecule has 3 amide bonds. The van der Waals surface area contributed by atoms with Crippen molar-refractivity contribution in [2.75, 3.05) is 38.1 Å². The minimum Gasteiger partial charge on any atom is -0.467 e. The van der Waals surface area contributed by atoms with Crippen molar-refractivity contribution in [1.29, 1.82) is 5.26 Å². The van der Waals surface area contributed by atoms with Gasteiger partial charge in [-0.05, 0) is 48.0 Å². The predicted octanol–water partition coefficient (Wildman–Crippen LogP) is 5.19. The average Bonchev–Trinajstić information content (AvgIpc) is 3.54. The van der Waals surface area contributed by atoms with Gasteiger partial charge < -0.3 is 34.5 Å². The van der Waals surface area contributed by atoms with Crippen molar-refractivity contribution in [2.24, 2.45) is 0 Å². The van der Waals surface area contributed by atoms with E-state index in [-0.39, 0.29) is 48.3 Å². The fourth-order valence-electron chi connectivity index (χ4n) is 3.99. The zero-order valence-electron chi connectivity index (χ0n) is 23.1. The lowest BCUT2D eigenvalue weighted by atomic mass is 9.97. The summed E-state index contributed by atoms with van der Waals surface area (Å²) in [6.45, 7) is -0.178. The van der Waals surface area contributed by atoms with E-state index in [2.05, 4.69) is 21.7 Å². The average molecular weight is 588 g/mol. The standard InChI is InChI=1S/C30H26FN5O7/c1-36(30(39)40)11-10-27(37)33-20-6-3-5-18(13-20)22-15-24(21-9-8-19(31)14-26(21)43-17-41-2)34-28(23(22)16-32)35-29(38)25-7-4-12-42-25/h3-9,12-15H,10-11,17H2,1-2H3,(H,33,37)(H,39,40)(H,34,35,38). The number of anilines is 2. The fourth-order valence-corrected chi connectivity index (χ4v) is 3.99. The molecule has 0 aliphatic heterocycles. The molecular weight excluding hydrogens is 561 g/mol. The van der Waals surface area contributed by atoms with Crippen LogP contribution in [0.25, 0.3) is 22.4 Å². The minimum absolute atomic E-state index is 0.00295. The van der Waals surface area contributed by atoms with Gasteiger partial charge >= 0.3 is 6.09 Å². The van der Waals surface area contributed by atoms with Gasteiger partial charge in [0.15, 0.2) is 18.4 Å². The van der Waals surface area contributed by atoms with Crippen molar-refractivity contribution < 1.29 is 37.8 Å². The van der Waals surface area contributed by atoms with Gasteiger partial charge in [-0.1, -0.05) is 12.1 Å². The van der Waals surface area contributed by atoms with Crippen LogP contribution in [0.5, 0.6) is 5.75 Å². The van der Waals surface area contributed by atoms with Crippen LogP contribution in [-0.4, -0.2) is 60.4 Å². The predicted molar refractivity (Wildman–Crippen MR) is 153 cm³/mol. The summed E-state index contributed by atoms with van der Waals surface area (Å²) in [6, 6.07) is 17.1. The number of pyridine rings is 1. The second kappa shape index (κ2) is 13.7. The maximum absolute atomic E-state index is 14.1. The van der Waals surface area contributed by atoms with Crippen LogP contribution in [0.15, 0.2) is 71.3 Å². The number of nitrogens with one attached hydrogen (secondary N) is 2. The van der Waals surface area contributed by atoms with Gasteiger partial charge in [0.1, 0.15) is 23.2 Å². The number of nitrogens with zero attached hydrogens (tertiary/aromatic N) is 3. The molecule has 4 aromatic rings. The third kappa shape index (κ3) is 7.51. The van der Waals surface area contributed by atoms with Crippen LogP contribution < -0.4 is 15.4 Å². The van der Waals surface area contributed by atoms with Gasteiger partial charge in [0, 0.05) is 50.0 Å². The molecule has 0 bridgehead atoms. The number of nitriles is 1. The monoisotopic (exact) mass is 587 g/mol. The molecule has 0 fully saturated rings. The molecule has 220 valence electrons. The Bertz CT molecular complexity index is 1680. The topological polar surface area (TPSA) is 167 Å². The number of amides is 3. The number of halogens is 1. The molecule has 0 aliphatic rings. The van der Waals surface area contributed by atoms with Gasteiger partial charge in [-0.25, -0.2) is 14.2 Å². The van der Waals surface area contributed by atoms with Crippen LogP contribution in [0.2, 0.25) is 0 Å². The Hall–Kier alpha value is -5.74. The second-order valence-electron chi connectivity index (χ2n) is 9.10. The molecule has 0 aliphatic carbocycles. The molecule has 0 radical (unpaired) electrons. The molecule has 2 aromatic carbocycles. The quantitative estimate of drug-likeness (QED) is 0.200. The van der Waals surface area contributed by atoms with Crippen LogP contribution in [-0.2, 0) is 9.53 Å². The van der Waals surface area contributed by atoms with Gasteiger partial charge in [-0.15, -0.1) is 0 Å². The molecule has 0 atom stereocenters. The first-order valence-electron chi connectivity index (χ1n) is 12.8. The van der Waals surface area contributed by atoms with Crippen LogP contribution in [0, 0.1) is 17.1 Å². The number of carboxylic acid groups (broad SMARTS) is 1. The normalized spacial score (nSPS) is 10.5. The number of benzene rings is 2. The lowest BCUT2D eigenvalue weighted by Gasteiger charge is -2.16. The highest BCUT2D eigenvalue weighted by atomic mass is 19.1. The summed E-state index contributed by atoms with van der Waals surface area (Å²) in [6.07, 6.45) is 0.0970. The van der Waals surface area contributed by atoms with Crippen LogP contribution >= 0.6 is 0 Å². The summed E-state index contributed by atoms with van der Waals surface area (Å²) in [5, 5.41) is 24.5. The number of rotatable bonds is 11. The number of methoxy groups -OCH3 is 1. The van der Waals surface area contributed by atoms with Crippen LogP contribution in [0.3, 0.4) is 0 Å². The Balaban J connectivity index is 1.79. The molecule has 2 aromatic heterocycles. The van der Waals surface area contributed by atoms with Crippen molar-refractivity contribution in [1.82, 2.24) is 9.88 Å². The Labute approximate surface area is 245 Å². The Morgan fingerprint density at radius 3 is 2.60 bits per heavy atom. The number of ether oxygens (including phenoxy) is 2. The van der Waals surface area contributed by atoms with Gasteiger partial charge in [-0.3, -0.25) is 9.59 Å². The highest BCUT2D eigenvalue weighted by Crippen LogP contribution is 2.37. The van der Waals surface area contributed by atoms with E-state index in [0.717, 1.165) is 11.0 Å². The number of furan rings is 1. The molecule has 13 heteroatoms. The van der Waals surface area contributed by atoms with E-state index >= 15 is 0 Å². The van der Waals surface area contributed by atoms with Gasteiger partial charge in [0.2, 0.25) is 5.91 Å². The van der Waals surface area contributed by atoms with E-state index in [0.29, 0.717) is 22.4 Å². The molecule has 43 heavy (non-hydrogen) atoms. The molecule has 3 N–H and O–H groups in total. The Kier molecular flexibility index (Phi) is 9.66. The van der Waals surface area contributed by atoms with E-state index in [1.54, 1.807) is 30.3 Å². The summed E-state index contributed by atoms with van der Waals surface area (Å²) in [4.78, 5) is 41.9. The molecule has 2 heterocycles. The van der Waals surface area contributed by atoms with Crippen LogP contribution in [0.4, 0.5) is 20.7 Å². The van der Waals surface area contributed by atoms with Crippen molar-refractivity contribution in [3.63, 3.8) is 0 Å². The molecule has 4 rings (SSSR count). The van der Waals surface area contributed by atoms with E-state index in [1.165, 1.54) is 44.7 Å². The zero-order chi connectivity index (χ0) is 30.9. The summed E-state index contributed by atoms with van der Waals surface area (Å²) < 4.78 is 29.8. The van der Waals surface area contributed by atoms with E-state index in [1.807, 2.05) is 0 Å². The number of aromatic nitrogens is 1. The third-order valence-corrected chi connectivity index (χ3v) is 6.12.